The minimum Gasteiger partial charge on any atom is -0.431 e. The van der Waals surface area contributed by atoms with E-state index in [0.29, 0.717) is 38.7 Å². The third kappa shape index (κ3) is 8.05. The van der Waals surface area contributed by atoms with E-state index in [1.54, 1.807) is 32.0 Å². The Morgan fingerprint density at radius 3 is 2.52 bits per heavy atom. The highest BCUT2D eigenvalue weighted by Crippen LogP contribution is 2.38. The van der Waals surface area contributed by atoms with Crippen molar-refractivity contribution >= 4 is 44.5 Å². The molecule has 2 heterocycles. The maximum Gasteiger partial charge on any atom is 0.416 e. The highest BCUT2D eigenvalue weighted by molar-refractivity contribution is 9.10. The number of fused-ring (bicyclic) bond motifs is 1. The van der Waals surface area contributed by atoms with Gasteiger partial charge in [-0.3, -0.25) is 9.59 Å². The zero-order valence-electron chi connectivity index (χ0n) is 24.6. The van der Waals surface area contributed by atoms with E-state index in [-0.39, 0.29) is 12.8 Å². The van der Waals surface area contributed by atoms with Crippen LogP contribution in [0, 0.1) is 12.7 Å². The number of piperidine rings is 1. The number of nitrogens with one attached hydrogen (secondary N) is 1. The van der Waals surface area contributed by atoms with E-state index < -0.39 is 60.2 Å². The quantitative estimate of drug-likeness (QED) is 0.162. The number of hydrogen-bond acceptors (Lipinski definition) is 5. The average molecular weight is 685 g/mol. The summed E-state index contributed by atoms with van der Waals surface area (Å²) in [7, 11) is 0. The first-order valence-electron chi connectivity index (χ1n) is 14.7. The molecule has 0 bridgehead atoms. The minimum absolute atomic E-state index is 0.0223. The Kier molecular flexibility index (Phi) is 11.2. The van der Waals surface area contributed by atoms with Gasteiger partial charge in [-0.1, -0.05) is 28.9 Å². The Balaban J connectivity index is 1.68. The van der Waals surface area contributed by atoms with Crippen LogP contribution < -0.4 is 10.2 Å². The number of nitrogens with zero attached hydrogens (tertiary/aromatic N) is 2. The topological polar surface area (TPSA) is 71.5 Å². The molecule has 6 nitrogen and oxygen atoms in total. The number of carbonyl (C=O) groups is 2. The lowest BCUT2D eigenvalue weighted by molar-refractivity contribution is -0.158. The average Bonchev–Trinajstić information content (AvgIpc) is 2.97. The number of ether oxygens (including phenoxy) is 1. The number of carbonyl (C=O) groups excluding carboxylic acids is 2. The van der Waals surface area contributed by atoms with Gasteiger partial charge in [-0.2, -0.15) is 13.2 Å². The highest BCUT2D eigenvalue weighted by atomic mass is 79.9. The van der Waals surface area contributed by atoms with Gasteiger partial charge >= 0.3 is 12.1 Å². The van der Waals surface area contributed by atoms with Crippen LogP contribution >= 0.6 is 15.9 Å². The summed E-state index contributed by atoms with van der Waals surface area (Å²) in [5, 5.41) is 3.25. The number of hydrogen-bond donors (Lipinski definition) is 1. The fourth-order valence-corrected chi connectivity index (χ4v) is 6.02. The molecule has 44 heavy (non-hydrogen) atoms. The van der Waals surface area contributed by atoms with Crippen LogP contribution in [0.4, 0.5) is 27.8 Å². The second-order valence-electron chi connectivity index (χ2n) is 11.0. The first-order valence-corrected chi connectivity index (χ1v) is 15.5. The van der Waals surface area contributed by atoms with Gasteiger partial charge in [0.25, 0.3) is 5.91 Å². The molecular formula is C32H35BrF5N3O3. The Labute approximate surface area is 261 Å². The van der Waals surface area contributed by atoms with Gasteiger partial charge in [0.15, 0.2) is 0 Å². The van der Waals surface area contributed by atoms with Crippen molar-refractivity contribution in [2.45, 2.75) is 77.2 Å². The molecule has 12 heteroatoms. The van der Waals surface area contributed by atoms with E-state index in [9.17, 15) is 27.2 Å². The molecule has 238 valence electrons. The van der Waals surface area contributed by atoms with Crippen LogP contribution in [-0.4, -0.2) is 42.9 Å². The maximum atomic E-state index is 15.1. The van der Waals surface area contributed by atoms with Crippen LogP contribution in [0.2, 0.25) is 0 Å². The highest BCUT2D eigenvalue weighted by Gasteiger charge is 2.37. The number of alkyl halides is 4. The van der Waals surface area contributed by atoms with Crippen LogP contribution in [0.1, 0.15) is 84.8 Å². The normalized spacial score (nSPS) is 15.2. The molecule has 3 aromatic rings. The van der Waals surface area contributed by atoms with Gasteiger partial charge in [0.05, 0.1) is 16.6 Å². The lowest BCUT2D eigenvalue weighted by Gasteiger charge is -2.30. The monoisotopic (exact) mass is 683 g/mol. The smallest absolute Gasteiger partial charge is 0.416 e. The fraction of sp³-hybridized carbons (Fsp3) is 0.469. The van der Waals surface area contributed by atoms with Crippen LogP contribution in [0.5, 0.6) is 0 Å². The Morgan fingerprint density at radius 1 is 1.11 bits per heavy atom. The number of anilines is 1. The third-order valence-electron chi connectivity index (χ3n) is 7.79. The summed E-state index contributed by atoms with van der Waals surface area (Å²) in [5.41, 5.74) is -0.390. The van der Waals surface area contributed by atoms with E-state index in [4.69, 9.17) is 9.72 Å². The van der Waals surface area contributed by atoms with Crippen LogP contribution in [-0.2, 0) is 15.7 Å². The zero-order valence-corrected chi connectivity index (χ0v) is 26.2. The Hall–Kier alpha value is -3.28. The van der Waals surface area contributed by atoms with Crippen molar-refractivity contribution in [3.63, 3.8) is 0 Å². The molecule has 2 aromatic carbocycles. The lowest BCUT2D eigenvalue weighted by atomic mass is 9.89. The van der Waals surface area contributed by atoms with Crippen LogP contribution in [0.3, 0.4) is 0 Å². The largest absolute Gasteiger partial charge is 0.431 e. The minimum atomic E-state index is -4.89. The number of benzene rings is 2. The van der Waals surface area contributed by atoms with Crippen LogP contribution in [0.25, 0.3) is 10.9 Å². The summed E-state index contributed by atoms with van der Waals surface area (Å²) in [4.78, 5) is 33.1. The summed E-state index contributed by atoms with van der Waals surface area (Å²) in [5.74, 6) is -3.26. The van der Waals surface area contributed by atoms with Gasteiger partial charge in [0, 0.05) is 59.4 Å². The van der Waals surface area contributed by atoms with Gasteiger partial charge < -0.3 is 15.0 Å². The summed E-state index contributed by atoms with van der Waals surface area (Å²) in [6.07, 6.45) is -4.06. The fourth-order valence-electron chi connectivity index (χ4n) is 5.66. The second kappa shape index (κ2) is 14.7. The molecule has 1 fully saturated rings. The molecule has 4 rings (SSSR count). The first kappa shape index (κ1) is 33.6. The number of halogens is 6. The van der Waals surface area contributed by atoms with Gasteiger partial charge in [0.2, 0.25) is 6.36 Å². The molecular weight excluding hydrogens is 649 g/mol. The van der Waals surface area contributed by atoms with Gasteiger partial charge in [-0.25, -0.2) is 13.8 Å². The number of aromatic nitrogens is 1. The molecule has 1 aliphatic heterocycles. The third-order valence-corrected chi connectivity index (χ3v) is 8.29. The SMILES string of the molecule is CCCC(F)OC(=O)CCC(CNC(=O)c1c(C)c(N2CCCCC2)nc2ccc(Br)cc12)c1c(F)cccc1C(F)(F)F. The first-order chi connectivity index (χ1) is 20.9. The van der Waals surface area contributed by atoms with E-state index in [1.165, 1.54) is 0 Å². The van der Waals surface area contributed by atoms with Crippen molar-refractivity contribution in [2.75, 3.05) is 24.5 Å². The van der Waals surface area contributed by atoms with E-state index >= 15 is 4.39 Å². The summed E-state index contributed by atoms with van der Waals surface area (Å²) in [6, 6.07) is 7.95. The number of rotatable bonds is 11. The number of pyridine rings is 1. The molecule has 1 aromatic heterocycles. The van der Waals surface area contributed by atoms with E-state index in [0.717, 1.165) is 50.6 Å². The second-order valence-corrected chi connectivity index (χ2v) is 11.9. The predicted molar refractivity (Wildman–Crippen MR) is 162 cm³/mol. The predicted octanol–water partition coefficient (Wildman–Crippen LogP) is 8.39. The summed E-state index contributed by atoms with van der Waals surface area (Å²) >= 11 is 3.43. The Bertz CT molecular complexity index is 1490. The standard InChI is InChI=1S/C32H35BrF5N3O3/c1-3-8-26(35)44-27(42)14-11-20(29-23(32(36,37)38)9-7-10-24(29)34)18-39-31(43)28-19(2)30(41-15-5-4-6-16-41)40-25-13-12-21(33)17-22(25)28/h7,9-10,12-13,17,20,26H,3-6,8,11,14-16,18H2,1-2H3,(H,39,43). The zero-order chi connectivity index (χ0) is 32.0. The van der Waals surface area contributed by atoms with Crippen molar-refractivity contribution in [3.8, 4) is 0 Å². The van der Waals surface area contributed by atoms with E-state index in [2.05, 4.69) is 26.1 Å². The molecule has 0 aliphatic carbocycles. The molecule has 2 unspecified atom stereocenters. The van der Waals surface area contributed by atoms with Crippen molar-refractivity contribution in [3.05, 3.63) is 68.9 Å². The lowest BCUT2D eigenvalue weighted by Crippen LogP contribution is -2.33. The molecule has 1 amide bonds. The van der Waals surface area contributed by atoms with Crippen molar-refractivity contribution in [1.82, 2.24) is 10.3 Å². The molecule has 0 radical (unpaired) electrons. The molecule has 1 saturated heterocycles. The van der Waals surface area contributed by atoms with Gasteiger partial charge in [-0.05, 0) is 69.4 Å². The molecule has 1 N–H and O–H groups in total. The number of amides is 1. The Morgan fingerprint density at radius 2 is 1.84 bits per heavy atom. The molecule has 0 saturated carbocycles. The van der Waals surface area contributed by atoms with Crippen molar-refractivity contribution in [1.29, 1.82) is 0 Å². The molecule has 1 aliphatic rings. The molecule has 2 atom stereocenters. The van der Waals surface area contributed by atoms with Crippen molar-refractivity contribution in [2.24, 2.45) is 0 Å². The van der Waals surface area contributed by atoms with Gasteiger partial charge in [-0.15, -0.1) is 0 Å². The molecule has 0 spiro atoms. The summed E-state index contributed by atoms with van der Waals surface area (Å²) < 4.78 is 76.3. The van der Waals surface area contributed by atoms with Gasteiger partial charge in [0.1, 0.15) is 11.6 Å². The van der Waals surface area contributed by atoms with Crippen molar-refractivity contribution < 1.29 is 36.3 Å². The number of esters is 1. The van der Waals surface area contributed by atoms with E-state index in [1.807, 2.05) is 0 Å². The summed E-state index contributed by atoms with van der Waals surface area (Å²) in [6.45, 7) is 4.63. The van der Waals surface area contributed by atoms with Crippen LogP contribution in [0.15, 0.2) is 40.9 Å². The maximum absolute atomic E-state index is 15.1.